The van der Waals surface area contributed by atoms with Gasteiger partial charge in [0.15, 0.2) is 18.9 Å². The fraction of sp³-hybridized carbons (Fsp3) is 0.400. The number of azide groups is 1. The Labute approximate surface area is 302 Å². The van der Waals surface area contributed by atoms with Crippen molar-refractivity contribution in [1.29, 1.82) is 0 Å². The molecule has 0 aromatic heterocycles. The van der Waals surface area contributed by atoms with Crippen molar-refractivity contribution in [2.75, 3.05) is 13.2 Å². The molecule has 12 nitrogen and oxygen atoms in total. The highest BCUT2D eigenvalue weighted by molar-refractivity contribution is 5.18. The Bertz CT molecular complexity index is 1750. The number of ether oxygens (including phenoxy) is 9. The first-order chi connectivity index (χ1) is 25.7. The standard InChI is InChI=1S/C40H41N3O9/c41-43-42-32-35(44-21-26-13-5-1-6-14-26)33(30-25-48-39(32)49-30)52-40-37(46-23-28-17-9-3-10-18-28)36(45-22-27-15-7-2-8-16-27)34-31(50-40)24-47-38(51-34)29-19-11-4-12-20-29/h1-20,30-40H,21-25H2/t30-,31-,32-,33-,34-,35-,36+,37+,38-,39-,40+/m1/s1. The van der Waals surface area contributed by atoms with Crippen LogP contribution in [0, 0.1) is 0 Å². The SMILES string of the molecule is [N-]=[N+]=N[C@H]1[C@@H]2OC[C@@H](O2)[C@@H](O[C@@H]2O[C@@H]3CO[C@@H](c4ccccc4)O[C@H]3[C@H](OCc3ccccc3)[C@@H]2OCc2ccccc2)[C@@H]1OCc1ccccc1. The van der Waals surface area contributed by atoms with Crippen molar-refractivity contribution in [3.63, 3.8) is 0 Å². The summed E-state index contributed by atoms with van der Waals surface area (Å²) < 4.78 is 58.7. The summed E-state index contributed by atoms with van der Waals surface area (Å²) in [4.78, 5) is 3.11. The number of nitrogens with zero attached hydrogens (tertiary/aromatic N) is 3. The fourth-order valence-corrected chi connectivity index (χ4v) is 7.15. The molecule has 4 aromatic rings. The average Bonchev–Trinajstić information content (AvgIpc) is 3.65. The molecule has 0 aliphatic carbocycles. The smallest absolute Gasteiger partial charge is 0.187 e. The number of fused-ring (bicyclic) bond motifs is 3. The van der Waals surface area contributed by atoms with Crippen LogP contribution in [0.2, 0.25) is 0 Å². The quantitative estimate of drug-likeness (QED) is 0.0880. The third kappa shape index (κ3) is 7.92. The maximum atomic E-state index is 9.56. The normalized spacial score (nSPS) is 32.4. The highest BCUT2D eigenvalue weighted by Crippen LogP contribution is 2.40. The lowest BCUT2D eigenvalue weighted by Gasteiger charge is -2.50. The van der Waals surface area contributed by atoms with Crippen molar-refractivity contribution in [3.8, 4) is 0 Å². The first-order valence-corrected chi connectivity index (χ1v) is 17.6. The van der Waals surface area contributed by atoms with Crippen molar-refractivity contribution in [2.24, 2.45) is 5.11 Å². The minimum atomic E-state index is -0.980. The zero-order valence-electron chi connectivity index (χ0n) is 28.4. The third-order valence-corrected chi connectivity index (χ3v) is 9.73. The van der Waals surface area contributed by atoms with Crippen molar-refractivity contribution in [2.45, 2.75) is 87.5 Å². The van der Waals surface area contributed by atoms with Gasteiger partial charge in [0.1, 0.15) is 48.8 Å². The molecule has 0 amide bonds. The predicted octanol–water partition coefficient (Wildman–Crippen LogP) is 6.40. The first kappa shape index (κ1) is 34.9. The molecule has 0 saturated carbocycles. The van der Waals surface area contributed by atoms with E-state index in [1.807, 2.05) is 121 Å². The second-order valence-electron chi connectivity index (χ2n) is 13.2. The summed E-state index contributed by atoms with van der Waals surface area (Å²) in [5, 5.41) is 4.06. The highest BCUT2D eigenvalue weighted by atomic mass is 16.8. The lowest BCUT2D eigenvalue weighted by atomic mass is 9.95. The molecule has 4 fully saturated rings. The molecule has 4 aromatic carbocycles. The van der Waals surface area contributed by atoms with Gasteiger partial charge in [-0.2, -0.15) is 0 Å². The number of hydrogen-bond donors (Lipinski definition) is 0. The van der Waals surface area contributed by atoms with Crippen LogP contribution in [-0.4, -0.2) is 74.6 Å². The molecule has 0 N–H and O–H groups in total. The van der Waals surface area contributed by atoms with Gasteiger partial charge in [0.25, 0.3) is 0 Å². The van der Waals surface area contributed by atoms with Crippen LogP contribution >= 0.6 is 0 Å². The topological polar surface area (TPSA) is 132 Å². The van der Waals surface area contributed by atoms with Gasteiger partial charge >= 0.3 is 0 Å². The van der Waals surface area contributed by atoms with Crippen LogP contribution in [-0.2, 0) is 62.5 Å². The van der Waals surface area contributed by atoms with Gasteiger partial charge in [-0.05, 0) is 22.2 Å². The Morgan fingerprint density at radius 2 is 1.12 bits per heavy atom. The second-order valence-corrected chi connectivity index (χ2v) is 13.2. The lowest BCUT2D eigenvalue weighted by molar-refractivity contribution is -0.385. The molecular weight excluding hydrogens is 666 g/mol. The van der Waals surface area contributed by atoms with E-state index >= 15 is 0 Å². The van der Waals surface area contributed by atoms with E-state index in [2.05, 4.69) is 10.0 Å². The van der Waals surface area contributed by atoms with Gasteiger partial charge in [0, 0.05) is 10.5 Å². The van der Waals surface area contributed by atoms with Gasteiger partial charge in [-0.1, -0.05) is 126 Å². The third-order valence-electron chi connectivity index (χ3n) is 9.73. The molecule has 4 heterocycles. The molecule has 2 bridgehead atoms. The van der Waals surface area contributed by atoms with E-state index in [0.717, 1.165) is 22.3 Å². The fourth-order valence-electron chi connectivity index (χ4n) is 7.15. The van der Waals surface area contributed by atoms with Crippen LogP contribution in [0.3, 0.4) is 0 Å². The van der Waals surface area contributed by atoms with Gasteiger partial charge in [-0.3, -0.25) is 0 Å². The van der Waals surface area contributed by atoms with Gasteiger partial charge in [0.05, 0.1) is 33.0 Å². The maximum Gasteiger partial charge on any atom is 0.187 e. The summed E-state index contributed by atoms with van der Waals surface area (Å²) in [6.07, 6.45) is -6.89. The zero-order valence-corrected chi connectivity index (χ0v) is 28.4. The summed E-state index contributed by atoms with van der Waals surface area (Å²) in [7, 11) is 0. The van der Waals surface area contributed by atoms with Crippen LogP contribution < -0.4 is 0 Å². The van der Waals surface area contributed by atoms with E-state index in [1.165, 1.54) is 0 Å². The van der Waals surface area contributed by atoms with Gasteiger partial charge in [0.2, 0.25) is 0 Å². The highest BCUT2D eigenvalue weighted by Gasteiger charge is 2.57. The molecule has 0 spiro atoms. The van der Waals surface area contributed by atoms with Crippen LogP contribution in [0.4, 0.5) is 0 Å². The number of benzene rings is 4. The molecule has 4 aliphatic heterocycles. The number of rotatable bonds is 13. The molecule has 12 heteroatoms. The van der Waals surface area contributed by atoms with Crippen LogP contribution in [0.1, 0.15) is 28.5 Å². The molecule has 0 radical (unpaired) electrons. The summed E-state index contributed by atoms with van der Waals surface area (Å²) in [5.41, 5.74) is 13.4. The van der Waals surface area contributed by atoms with E-state index in [9.17, 15) is 5.53 Å². The van der Waals surface area contributed by atoms with Gasteiger partial charge in [-0.25, -0.2) is 0 Å². The van der Waals surface area contributed by atoms with E-state index < -0.39 is 67.6 Å². The largest absolute Gasteiger partial charge is 0.370 e. The molecule has 52 heavy (non-hydrogen) atoms. The molecule has 270 valence electrons. The Hall–Kier alpha value is -4.17. The predicted molar refractivity (Wildman–Crippen MR) is 186 cm³/mol. The van der Waals surface area contributed by atoms with E-state index in [4.69, 9.17) is 42.6 Å². The molecule has 4 aliphatic rings. The van der Waals surface area contributed by atoms with Crippen molar-refractivity contribution in [3.05, 3.63) is 154 Å². The zero-order chi connectivity index (χ0) is 35.1. The van der Waals surface area contributed by atoms with Crippen LogP contribution in [0.25, 0.3) is 10.4 Å². The van der Waals surface area contributed by atoms with Crippen LogP contribution in [0.15, 0.2) is 126 Å². The van der Waals surface area contributed by atoms with E-state index in [-0.39, 0.29) is 26.4 Å². The first-order valence-electron chi connectivity index (χ1n) is 17.6. The molecular formula is C40H41N3O9. The molecule has 8 rings (SSSR count). The monoisotopic (exact) mass is 707 g/mol. The van der Waals surface area contributed by atoms with Crippen molar-refractivity contribution in [1.82, 2.24) is 0 Å². The molecule has 0 unspecified atom stereocenters. The Balaban J connectivity index is 1.12. The Morgan fingerprint density at radius 1 is 0.577 bits per heavy atom. The van der Waals surface area contributed by atoms with E-state index in [0.29, 0.717) is 6.61 Å². The molecule has 11 atom stereocenters. The summed E-state index contributed by atoms with van der Waals surface area (Å²) in [6.45, 7) is 1.29. The summed E-state index contributed by atoms with van der Waals surface area (Å²) >= 11 is 0. The van der Waals surface area contributed by atoms with Gasteiger partial charge in [-0.15, -0.1) is 0 Å². The summed E-state index contributed by atoms with van der Waals surface area (Å²) in [6, 6.07) is 38.6. The maximum absolute atomic E-state index is 9.56. The van der Waals surface area contributed by atoms with Crippen LogP contribution in [0.5, 0.6) is 0 Å². The van der Waals surface area contributed by atoms with E-state index in [1.54, 1.807) is 0 Å². The lowest BCUT2D eigenvalue weighted by Crippen LogP contribution is -2.65. The summed E-state index contributed by atoms with van der Waals surface area (Å²) in [5.74, 6) is 0. The Kier molecular flexibility index (Phi) is 11.2. The number of hydrogen-bond acceptors (Lipinski definition) is 10. The van der Waals surface area contributed by atoms with Crippen molar-refractivity contribution >= 4 is 0 Å². The second kappa shape index (κ2) is 16.7. The van der Waals surface area contributed by atoms with Gasteiger partial charge < -0.3 is 42.6 Å². The minimum absolute atomic E-state index is 0.227. The van der Waals surface area contributed by atoms with Crippen molar-refractivity contribution < 1.29 is 42.6 Å². The molecule has 4 saturated heterocycles. The minimum Gasteiger partial charge on any atom is -0.370 e. The average molecular weight is 708 g/mol. The Morgan fingerprint density at radius 3 is 1.71 bits per heavy atom.